The molecule has 1 heterocycles. The van der Waals surface area contributed by atoms with Crippen LogP contribution in [0.1, 0.15) is 25.7 Å². The van der Waals surface area contributed by atoms with Gasteiger partial charge in [0, 0.05) is 13.1 Å². The molecule has 0 bridgehead atoms. The number of amides is 1. The Morgan fingerprint density at radius 1 is 1.00 bits per heavy atom. The number of alkyl halides is 6. The predicted molar refractivity (Wildman–Crippen MR) is 103 cm³/mol. The molecule has 0 atom stereocenters. The van der Waals surface area contributed by atoms with Crippen LogP contribution in [0.2, 0.25) is 0 Å². The molecule has 0 aromatic heterocycles. The molecule has 1 aromatic rings. The van der Waals surface area contributed by atoms with Crippen molar-refractivity contribution in [2.75, 3.05) is 38.1 Å². The summed E-state index contributed by atoms with van der Waals surface area (Å²) < 4.78 is 106. The van der Waals surface area contributed by atoms with E-state index < -0.39 is 53.7 Å². The van der Waals surface area contributed by atoms with Crippen LogP contribution in [0.25, 0.3) is 0 Å². The first-order valence-corrected chi connectivity index (χ1v) is 11.1. The molecule has 1 aliphatic rings. The zero-order valence-electron chi connectivity index (χ0n) is 16.9. The van der Waals surface area contributed by atoms with Crippen LogP contribution in [-0.4, -0.2) is 63.8 Å². The summed E-state index contributed by atoms with van der Waals surface area (Å²) in [5.74, 6) is -1.49. The van der Waals surface area contributed by atoms with Gasteiger partial charge in [-0.2, -0.15) is 30.6 Å². The van der Waals surface area contributed by atoms with E-state index in [2.05, 4.69) is 10.1 Å². The maximum Gasteiger partial charge on any atom is 0.422 e. The highest BCUT2D eigenvalue weighted by molar-refractivity contribution is 7.89. The Balaban J connectivity index is 2.23. The maximum atomic E-state index is 12.9. The molecule has 14 heteroatoms. The fraction of sp³-hybridized carbons (Fsp3) is 0.611. The second-order valence-electron chi connectivity index (χ2n) is 7.13. The lowest BCUT2D eigenvalue weighted by Gasteiger charge is -2.21. The Bertz CT molecular complexity index is 882. The monoisotopic (exact) mass is 491 g/mol. The fourth-order valence-corrected chi connectivity index (χ4v) is 4.50. The van der Waals surface area contributed by atoms with Crippen molar-refractivity contribution in [3.8, 4) is 5.75 Å². The van der Waals surface area contributed by atoms with Crippen molar-refractivity contribution in [1.29, 1.82) is 0 Å². The molecule has 1 amide bonds. The maximum absolute atomic E-state index is 12.9. The Morgan fingerprint density at radius 2 is 1.62 bits per heavy atom. The van der Waals surface area contributed by atoms with Crippen LogP contribution in [0.15, 0.2) is 23.1 Å². The molecule has 1 aliphatic heterocycles. The molecule has 32 heavy (non-hydrogen) atoms. The Hall–Kier alpha value is -2.22. The molecule has 1 fully saturated rings. The molecule has 0 radical (unpaired) electrons. The van der Waals surface area contributed by atoms with E-state index in [0.717, 1.165) is 31.0 Å². The molecule has 1 aromatic carbocycles. The van der Waals surface area contributed by atoms with Crippen molar-refractivity contribution < 1.29 is 44.3 Å². The Kier molecular flexibility index (Phi) is 8.62. The number of nitrogens with one attached hydrogen (secondary N) is 2. The summed E-state index contributed by atoms with van der Waals surface area (Å²) in [6.45, 7) is -3.44. The molecular formula is C18H23F6N3O4S. The third-order valence-corrected chi connectivity index (χ3v) is 6.37. The van der Waals surface area contributed by atoms with Gasteiger partial charge in [-0.3, -0.25) is 4.79 Å². The van der Waals surface area contributed by atoms with Crippen LogP contribution < -0.4 is 15.4 Å². The third kappa shape index (κ3) is 8.37. The van der Waals surface area contributed by atoms with Gasteiger partial charge in [-0.25, -0.2) is 8.42 Å². The van der Waals surface area contributed by atoms with Gasteiger partial charge in [0.25, 0.3) is 0 Å². The number of carbonyl (C=O) groups is 1. The minimum atomic E-state index is -4.68. The van der Waals surface area contributed by atoms with E-state index in [-0.39, 0.29) is 23.7 Å². The summed E-state index contributed by atoms with van der Waals surface area (Å²) >= 11 is 0. The first-order chi connectivity index (χ1) is 14.8. The molecule has 0 aliphatic carbocycles. The van der Waals surface area contributed by atoms with Gasteiger partial charge in [-0.05, 0) is 31.0 Å². The lowest BCUT2D eigenvalue weighted by Crippen LogP contribution is -2.37. The number of ether oxygens (including phenoxy) is 1. The normalized spacial score (nSPS) is 16.3. The van der Waals surface area contributed by atoms with Gasteiger partial charge in [0.15, 0.2) is 6.61 Å². The summed E-state index contributed by atoms with van der Waals surface area (Å²) in [6, 6.07) is 3.09. The average molecular weight is 491 g/mol. The van der Waals surface area contributed by atoms with E-state index in [1.165, 1.54) is 4.31 Å². The predicted octanol–water partition coefficient (Wildman–Crippen LogP) is 3.28. The molecule has 2 N–H and O–H groups in total. The number of hydrogen-bond acceptors (Lipinski definition) is 5. The molecule has 182 valence electrons. The number of sulfonamides is 1. The summed E-state index contributed by atoms with van der Waals surface area (Å²) in [5, 5.41) is 3.96. The van der Waals surface area contributed by atoms with Crippen molar-refractivity contribution in [3.05, 3.63) is 18.2 Å². The molecule has 2 rings (SSSR count). The van der Waals surface area contributed by atoms with E-state index >= 15 is 0 Å². The number of halogens is 6. The van der Waals surface area contributed by atoms with Crippen LogP contribution in [0, 0.1) is 0 Å². The SMILES string of the molecule is O=C(CNc1cc(S(=O)(=O)N2CCCCCC2)ccc1OCC(F)(F)F)NCC(F)(F)F. The van der Waals surface area contributed by atoms with Crippen LogP contribution in [0.5, 0.6) is 5.75 Å². The van der Waals surface area contributed by atoms with E-state index in [9.17, 15) is 39.6 Å². The lowest BCUT2D eigenvalue weighted by molar-refractivity contribution is -0.153. The van der Waals surface area contributed by atoms with Gasteiger partial charge in [-0.1, -0.05) is 12.8 Å². The van der Waals surface area contributed by atoms with Gasteiger partial charge < -0.3 is 15.4 Å². The second kappa shape index (κ2) is 10.6. The molecule has 0 spiro atoms. The summed E-state index contributed by atoms with van der Waals surface area (Å²) in [6.07, 6.45) is -6.25. The minimum Gasteiger partial charge on any atom is -0.482 e. The quantitative estimate of drug-likeness (QED) is 0.545. The third-order valence-electron chi connectivity index (χ3n) is 4.47. The topological polar surface area (TPSA) is 87.7 Å². The van der Waals surface area contributed by atoms with Crippen molar-refractivity contribution >= 4 is 21.6 Å². The zero-order valence-corrected chi connectivity index (χ0v) is 17.7. The van der Waals surface area contributed by atoms with Gasteiger partial charge in [0.1, 0.15) is 12.3 Å². The zero-order chi connectivity index (χ0) is 24.0. The standard InChI is InChI=1S/C18H23F6N3O4S/c19-17(20,21)11-26-16(28)10-25-14-9-13(5-6-15(14)31-12-18(22,23)24)32(29,30)27-7-3-1-2-4-8-27/h5-6,9,25H,1-4,7-8,10-12H2,(H,26,28). The first-order valence-electron chi connectivity index (χ1n) is 9.69. The summed E-state index contributed by atoms with van der Waals surface area (Å²) in [7, 11) is -3.97. The smallest absolute Gasteiger partial charge is 0.422 e. The van der Waals surface area contributed by atoms with E-state index in [1.54, 1.807) is 5.32 Å². The lowest BCUT2D eigenvalue weighted by atomic mass is 10.2. The van der Waals surface area contributed by atoms with E-state index in [0.29, 0.717) is 12.8 Å². The highest BCUT2D eigenvalue weighted by Gasteiger charge is 2.30. The molecule has 7 nitrogen and oxygen atoms in total. The Morgan fingerprint density at radius 3 is 2.19 bits per heavy atom. The van der Waals surface area contributed by atoms with Gasteiger partial charge in [-0.15, -0.1) is 0 Å². The van der Waals surface area contributed by atoms with Crippen LogP contribution in [0.3, 0.4) is 0 Å². The number of rotatable bonds is 8. The second-order valence-corrected chi connectivity index (χ2v) is 9.06. The molecule has 1 saturated heterocycles. The van der Waals surface area contributed by atoms with E-state index in [4.69, 9.17) is 0 Å². The molecule has 0 saturated carbocycles. The van der Waals surface area contributed by atoms with Crippen molar-refractivity contribution in [3.63, 3.8) is 0 Å². The number of nitrogens with zero attached hydrogens (tertiary/aromatic N) is 1. The molecular weight excluding hydrogens is 468 g/mol. The number of benzene rings is 1. The highest BCUT2D eigenvalue weighted by atomic mass is 32.2. The first kappa shape index (κ1) is 26.0. The minimum absolute atomic E-state index is 0.239. The van der Waals surface area contributed by atoms with Crippen LogP contribution in [0.4, 0.5) is 32.0 Å². The number of anilines is 1. The summed E-state index contributed by atoms with van der Waals surface area (Å²) in [5.41, 5.74) is -0.271. The highest BCUT2D eigenvalue weighted by Crippen LogP contribution is 2.31. The van der Waals surface area contributed by atoms with Crippen molar-refractivity contribution in [2.24, 2.45) is 0 Å². The number of hydrogen-bond donors (Lipinski definition) is 2. The fourth-order valence-electron chi connectivity index (χ4n) is 2.96. The van der Waals surface area contributed by atoms with Gasteiger partial charge in [0.05, 0.1) is 17.1 Å². The average Bonchev–Trinajstić information content (AvgIpc) is 2.98. The Labute approximate surface area is 181 Å². The summed E-state index contributed by atoms with van der Waals surface area (Å²) in [4.78, 5) is 11.4. The van der Waals surface area contributed by atoms with Crippen LogP contribution in [-0.2, 0) is 14.8 Å². The van der Waals surface area contributed by atoms with Gasteiger partial charge >= 0.3 is 12.4 Å². The number of carbonyl (C=O) groups excluding carboxylic acids is 1. The largest absolute Gasteiger partial charge is 0.482 e. The van der Waals surface area contributed by atoms with Gasteiger partial charge in [0.2, 0.25) is 15.9 Å². The molecule has 0 unspecified atom stereocenters. The van der Waals surface area contributed by atoms with Crippen molar-refractivity contribution in [2.45, 2.75) is 42.9 Å². The van der Waals surface area contributed by atoms with Crippen LogP contribution >= 0.6 is 0 Å². The van der Waals surface area contributed by atoms with E-state index in [1.807, 2.05) is 0 Å². The van der Waals surface area contributed by atoms with Crippen molar-refractivity contribution in [1.82, 2.24) is 9.62 Å².